The Balaban J connectivity index is 2.16. The van der Waals surface area contributed by atoms with Crippen molar-refractivity contribution in [1.82, 2.24) is 4.98 Å². The van der Waals surface area contributed by atoms with Crippen LogP contribution in [0.2, 0.25) is 5.02 Å². The number of fused-ring (bicyclic) bond motifs is 1. The van der Waals surface area contributed by atoms with Gasteiger partial charge < -0.3 is 4.98 Å². The number of hydrogen-bond acceptors (Lipinski definition) is 1. The van der Waals surface area contributed by atoms with E-state index in [4.69, 9.17) is 11.6 Å². The van der Waals surface area contributed by atoms with E-state index in [1.165, 1.54) is 0 Å². The summed E-state index contributed by atoms with van der Waals surface area (Å²) >= 11 is 6.06. The van der Waals surface area contributed by atoms with E-state index in [1.54, 1.807) is 18.3 Å². The summed E-state index contributed by atoms with van der Waals surface area (Å²) in [7, 11) is 0. The molecule has 0 unspecified atom stereocenters. The molecule has 0 amide bonds. The van der Waals surface area contributed by atoms with E-state index in [-0.39, 0.29) is 5.78 Å². The van der Waals surface area contributed by atoms with Gasteiger partial charge in [-0.05, 0) is 18.2 Å². The number of ketones is 1. The lowest BCUT2D eigenvalue weighted by Gasteiger charge is -2.01. The lowest BCUT2D eigenvalue weighted by molar-refractivity contribution is 0.104. The van der Waals surface area contributed by atoms with Gasteiger partial charge in [0.05, 0.1) is 5.02 Å². The lowest BCUT2D eigenvalue weighted by Crippen LogP contribution is -2.00. The number of aromatic nitrogens is 1. The number of H-pyrrole nitrogens is 1. The van der Waals surface area contributed by atoms with Crippen LogP contribution in [-0.2, 0) is 0 Å². The molecule has 1 heterocycles. The molecule has 0 aliphatic heterocycles. The van der Waals surface area contributed by atoms with Crippen molar-refractivity contribution in [3.8, 4) is 0 Å². The fourth-order valence-electron chi connectivity index (χ4n) is 2.05. The molecule has 0 bridgehead atoms. The van der Waals surface area contributed by atoms with Gasteiger partial charge in [-0.2, -0.15) is 0 Å². The summed E-state index contributed by atoms with van der Waals surface area (Å²) in [4.78, 5) is 15.5. The standard InChI is InChI=1S/C15H10ClNO/c16-13-7-3-1-6-11(13)15(18)12-9-17-14-8-4-2-5-10(12)14/h1-9,17H. The molecule has 0 saturated heterocycles. The first-order valence-electron chi connectivity index (χ1n) is 5.63. The van der Waals surface area contributed by atoms with Gasteiger partial charge in [-0.25, -0.2) is 0 Å². The molecule has 0 saturated carbocycles. The molecule has 0 fully saturated rings. The molecule has 88 valence electrons. The second-order valence-electron chi connectivity index (χ2n) is 4.06. The number of benzene rings is 2. The fourth-order valence-corrected chi connectivity index (χ4v) is 2.27. The fraction of sp³-hybridized carbons (Fsp3) is 0. The minimum absolute atomic E-state index is 0.0574. The van der Waals surface area contributed by atoms with Crippen molar-refractivity contribution in [3.63, 3.8) is 0 Å². The first kappa shape index (κ1) is 11.1. The highest BCUT2D eigenvalue weighted by molar-refractivity contribution is 6.35. The number of carbonyl (C=O) groups excluding carboxylic acids is 1. The van der Waals surface area contributed by atoms with Crippen LogP contribution >= 0.6 is 11.6 Å². The second-order valence-corrected chi connectivity index (χ2v) is 4.46. The number of halogens is 1. The van der Waals surface area contributed by atoms with Crippen molar-refractivity contribution in [2.24, 2.45) is 0 Å². The van der Waals surface area contributed by atoms with Gasteiger partial charge in [-0.3, -0.25) is 4.79 Å². The molecule has 3 rings (SSSR count). The predicted octanol–water partition coefficient (Wildman–Crippen LogP) is 4.05. The van der Waals surface area contributed by atoms with Crippen molar-refractivity contribution in [2.75, 3.05) is 0 Å². The van der Waals surface area contributed by atoms with Crippen LogP contribution in [0.5, 0.6) is 0 Å². The molecular formula is C15H10ClNO. The second kappa shape index (κ2) is 4.31. The van der Waals surface area contributed by atoms with Crippen molar-refractivity contribution in [3.05, 3.63) is 70.9 Å². The third-order valence-electron chi connectivity index (χ3n) is 2.95. The first-order chi connectivity index (χ1) is 8.77. The van der Waals surface area contributed by atoms with Crippen molar-refractivity contribution < 1.29 is 4.79 Å². The van der Waals surface area contributed by atoms with E-state index in [9.17, 15) is 4.79 Å². The Kier molecular flexibility index (Phi) is 2.65. The Morgan fingerprint density at radius 2 is 1.67 bits per heavy atom. The molecule has 0 atom stereocenters. The monoisotopic (exact) mass is 255 g/mol. The normalized spacial score (nSPS) is 10.7. The summed E-state index contributed by atoms with van der Waals surface area (Å²) < 4.78 is 0. The summed E-state index contributed by atoms with van der Waals surface area (Å²) in [5.74, 6) is -0.0574. The third-order valence-corrected chi connectivity index (χ3v) is 3.28. The maximum atomic E-state index is 12.4. The van der Waals surface area contributed by atoms with Gasteiger partial charge in [0.15, 0.2) is 5.78 Å². The molecule has 3 heteroatoms. The minimum atomic E-state index is -0.0574. The van der Waals surface area contributed by atoms with Gasteiger partial charge in [-0.1, -0.05) is 41.9 Å². The molecule has 3 aromatic rings. The van der Waals surface area contributed by atoms with Crippen molar-refractivity contribution in [1.29, 1.82) is 0 Å². The zero-order chi connectivity index (χ0) is 12.5. The van der Waals surface area contributed by atoms with Gasteiger partial charge in [0, 0.05) is 28.2 Å². The molecule has 1 aromatic heterocycles. The van der Waals surface area contributed by atoms with Crippen molar-refractivity contribution in [2.45, 2.75) is 0 Å². The molecule has 0 aliphatic carbocycles. The summed E-state index contributed by atoms with van der Waals surface area (Å²) in [5, 5.41) is 1.40. The number of aromatic amines is 1. The molecular weight excluding hydrogens is 246 g/mol. The first-order valence-corrected chi connectivity index (χ1v) is 6.00. The Morgan fingerprint density at radius 3 is 2.50 bits per heavy atom. The molecule has 2 aromatic carbocycles. The average Bonchev–Trinajstić information content (AvgIpc) is 2.82. The molecule has 18 heavy (non-hydrogen) atoms. The van der Waals surface area contributed by atoms with Gasteiger partial charge in [0.25, 0.3) is 0 Å². The third kappa shape index (κ3) is 1.71. The van der Waals surface area contributed by atoms with Crippen LogP contribution in [0.4, 0.5) is 0 Å². The zero-order valence-electron chi connectivity index (χ0n) is 9.48. The summed E-state index contributed by atoms with van der Waals surface area (Å²) in [6.07, 6.45) is 1.73. The number of carbonyl (C=O) groups is 1. The van der Waals surface area contributed by atoms with Gasteiger partial charge in [0.1, 0.15) is 0 Å². The lowest BCUT2D eigenvalue weighted by atomic mass is 10.0. The highest BCUT2D eigenvalue weighted by atomic mass is 35.5. The van der Waals surface area contributed by atoms with Crippen LogP contribution < -0.4 is 0 Å². The number of nitrogens with one attached hydrogen (secondary N) is 1. The van der Waals surface area contributed by atoms with Crippen LogP contribution in [-0.4, -0.2) is 10.8 Å². The minimum Gasteiger partial charge on any atom is -0.360 e. The highest BCUT2D eigenvalue weighted by Gasteiger charge is 2.15. The van der Waals surface area contributed by atoms with E-state index in [0.29, 0.717) is 16.1 Å². The predicted molar refractivity (Wildman–Crippen MR) is 73.2 cm³/mol. The van der Waals surface area contributed by atoms with Crippen LogP contribution in [0.25, 0.3) is 10.9 Å². The quantitative estimate of drug-likeness (QED) is 0.689. The number of para-hydroxylation sites is 1. The van der Waals surface area contributed by atoms with Crippen LogP contribution in [0.1, 0.15) is 15.9 Å². The SMILES string of the molecule is O=C(c1ccccc1Cl)c1c[nH]c2ccccc12. The number of hydrogen-bond donors (Lipinski definition) is 1. The topological polar surface area (TPSA) is 32.9 Å². The summed E-state index contributed by atoms with van der Waals surface area (Å²) in [6.45, 7) is 0. The van der Waals surface area contributed by atoms with Crippen molar-refractivity contribution >= 4 is 28.3 Å². The Hall–Kier alpha value is -2.06. The van der Waals surface area contributed by atoms with Gasteiger partial charge >= 0.3 is 0 Å². The molecule has 2 nitrogen and oxygen atoms in total. The highest BCUT2D eigenvalue weighted by Crippen LogP contribution is 2.24. The number of rotatable bonds is 2. The Bertz CT molecular complexity index is 730. The summed E-state index contributed by atoms with van der Waals surface area (Å²) in [5.41, 5.74) is 2.13. The maximum Gasteiger partial charge on any atom is 0.196 e. The smallest absolute Gasteiger partial charge is 0.196 e. The summed E-state index contributed by atoms with van der Waals surface area (Å²) in [6, 6.07) is 14.8. The van der Waals surface area contributed by atoms with E-state index >= 15 is 0 Å². The largest absolute Gasteiger partial charge is 0.360 e. The van der Waals surface area contributed by atoms with Crippen LogP contribution in [0.3, 0.4) is 0 Å². The zero-order valence-corrected chi connectivity index (χ0v) is 10.2. The molecule has 0 aliphatic rings. The molecule has 1 N–H and O–H groups in total. The average molecular weight is 256 g/mol. The molecule has 0 radical (unpaired) electrons. The van der Waals surface area contributed by atoms with Crippen LogP contribution in [0, 0.1) is 0 Å². The van der Waals surface area contributed by atoms with Gasteiger partial charge in [0.2, 0.25) is 0 Å². The van der Waals surface area contributed by atoms with E-state index < -0.39 is 0 Å². The van der Waals surface area contributed by atoms with E-state index in [2.05, 4.69) is 4.98 Å². The Morgan fingerprint density at radius 1 is 0.944 bits per heavy atom. The molecule has 0 spiro atoms. The Labute approximate surface area is 109 Å². The maximum absolute atomic E-state index is 12.4. The van der Waals surface area contributed by atoms with Crippen LogP contribution in [0.15, 0.2) is 54.7 Å². The van der Waals surface area contributed by atoms with Gasteiger partial charge in [-0.15, -0.1) is 0 Å². The van der Waals surface area contributed by atoms with E-state index in [1.807, 2.05) is 36.4 Å². The van der Waals surface area contributed by atoms with E-state index in [0.717, 1.165) is 10.9 Å².